The van der Waals surface area contributed by atoms with Gasteiger partial charge in [-0.25, -0.2) is 9.37 Å². The Balaban J connectivity index is 1.27. The van der Waals surface area contributed by atoms with E-state index in [9.17, 15) is 9.18 Å². The second-order valence-electron chi connectivity index (χ2n) is 8.81. The number of benzene rings is 1. The first-order chi connectivity index (χ1) is 16.2. The maximum Gasteiger partial charge on any atom is 0.253 e. The molecule has 2 aliphatic rings. The molecular weight excluding hydrogens is 417 g/mol. The third kappa shape index (κ3) is 3.49. The van der Waals surface area contributed by atoms with Gasteiger partial charge in [-0.1, -0.05) is 12.1 Å². The van der Waals surface area contributed by atoms with Gasteiger partial charge in [0.2, 0.25) is 0 Å². The lowest BCUT2D eigenvalue weighted by Crippen LogP contribution is -2.43. The number of hydrogen-bond donors (Lipinski definition) is 2. The highest BCUT2D eigenvalue weighted by Crippen LogP contribution is 2.38. The van der Waals surface area contributed by atoms with Crippen LogP contribution in [0.4, 0.5) is 4.39 Å². The number of aromatic amines is 1. The molecule has 166 valence electrons. The molecule has 3 aromatic heterocycles. The Kier molecular flexibility index (Phi) is 4.91. The van der Waals surface area contributed by atoms with E-state index < -0.39 is 0 Å². The molecule has 2 atom stereocenters. The quantitative estimate of drug-likeness (QED) is 0.496. The second-order valence-corrected chi connectivity index (χ2v) is 8.81. The molecule has 6 rings (SSSR count). The second kappa shape index (κ2) is 8.08. The zero-order valence-electron chi connectivity index (χ0n) is 18.1. The summed E-state index contributed by atoms with van der Waals surface area (Å²) in [5.41, 5.74) is 4.59. The van der Waals surface area contributed by atoms with E-state index in [0.717, 1.165) is 60.2 Å². The largest absolute Gasteiger partial charge is 0.346 e. The van der Waals surface area contributed by atoms with Crippen molar-refractivity contribution in [2.75, 3.05) is 13.1 Å². The van der Waals surface area contributed by atoms with E-state index in [1.165, 1.54) is 6.07 Å². The molecule has 1 fully saturated rings. The first-order valence-corrected chi connectivity index (χ1v) is 11.4. The fraction of sp³-hybridized carbons (Fsp3) is 0.269. The van der Waals surface area contributed by atoms with Gasteiger partial charge in [-0.05, 0) is 68.2 Å². The summed E-state index contributed by atoms with van der Waals surface area (Å²) in [6.07, 6.45) is 8.21. The fourth-order valence-corrected chi connectivity index (χ4v) is 5.32. The SMILES string of the molecule is O=C(N[C@@H]1c2c(F)cccc2C[C@H]1N1CCCC1)c1ccc(-c2ccnc3[nH]ccc23)nc1. The van der Waals surface area contributed by atoms with E-state index in [1.54, 1.807) is 24.5 Å². The number of halogens is 1. The van der Waals surface area contributed by atoms with Crippen LogP contribution in [0.1, 0.15) is 40.4 Å². The van der Waals surface area contributed by atoms with Crippen LogP contribution < -0.4 is 5.32 Å². The summed E-state index contributed by atoms with van der Waals surface area (Å²) >= 11 is 0. The standard InChI is InChI=1S/C26H24FN5O/c27-20-5-3-4-16-14-22(32-12-1-2-13-32)24(23(16)20)31-26(33)17-6-7-21(30-15-17)18-8-10-28-25-19(18)9-11-29-25/h3-11,15,22,24H,1-2,12-14H2,(H,28,29)(H,31,33)/t22-,24+/m1/s1. The summed E-state index contributed by atoms with van der Waals surface area (Å²) in [7, 11) is 0. The Labute approximate surface area is 190 Å². The molecule has 1 aliphatic heterocycles. The van der Waals surface area contributed by atoms with E-state index in [0.29, 0.717) is 11.1 Å². The number of hydrogen-bond acceptors (Lipinski definition) is 4. The van der Waals surface area contributed by atoms with Crippen LogP contribution in [0.2, 0.25) is 0 Å². The summed E-state index contributed by atoms with van der Waals surface area (Å²) in [6.45, 7) is 1.98. The Bertz CT molecular complexity index is 1330. The van der Waals surface area contributed by atoms with Crippen LogP contribution in [0.25, 0.3) is 22.3 Å². The van der Waals surface area contributed by atoms with E-state index in [1.807, 2.05) is 30.5 Å². The van der Waals surface area contributed by atoms with Gasteiger partial charge in [0, 0.05) is 41.1 Å². The van der Waals surface area contributed by atoms with Gasteiger partial charge in [0.05, 0.1) is 17.3 Å². The zero-order valence-corrected chi connectivity index (χ0v) is 18.1. The molecule has 6 nitrogen and oxygen atoms in total. The minimum atomic E-state index is -0.369. The van der Waals surface area contributed by atoms with Crippen molar-refractivity contribution in [3.05, 3.63) is 83.6 Å². The van der Waals surface area contributed by atoms with Gasteiger partial charge in [-0.3, -0.25) is 14.7 Å². The van der Waals surface area contributed by atoms with Crippen molar-refractivity contribution in [3.63, 3.8) is 0 Å². The molecule has 33 heavy (non-hydrogen) atoms. The minimum Gasteiger partial charge on any atom is -0.346 e. The van der Waals surface area contributed by atoms with Crippen LogP contribution in [-0.2, 0) is 6.42 Å². The number of amides is 1. The number of carbonyl (C=O) groups excluding carboxylic acids is 1. The zero-order chi connectivity index (χ0) is 22.4. The average Bonchev–Trinajstić information content (AvgIpc) is 3.59. The number of carbonyl (C=O) groups is 1. The van der Waals surface area contributed by atoms with Crippen molar-refractivity contribution < 1.29 is 9.18 Å². The van der Waals surface area contributed by atoms with Crippen LogP contribution in [0.15, 0.2) is 61.1 Å². The summed E-state index contributed by atoms with van der Waals surface area (Å²) in [5, 5.41) is 4.11. The van der Waals surface area contributed by atoms with Crippen molar-refractivity contribution in [3.8, 4) is 11.3 Å². The summed E-state index contributed by atoms with van der Waals surface area (Å²) < 4.78 is 14.8. The highest BCUT2D eigenvalue weighted by atomic mass is 19.1. The molecule has 0 bridgehead atoms. The van der Waals surface area contributed by atoms with Crippen LogP contribution >= 0.6 is 0 Å². The summed E-state index contributed by atoms with van der Waals surface area (Å²) in [5.74, 6) is -0.484. The summed E-state index contributed by atoms with van der Waals surface area (Å²) in [6, 6.07) is 12.4. The van der Waals surface area contributed by atoms with Crippen molar-refractivity contribution in [2.45, 2.75) is 31.3 Å². The summed E-state index contributed by atoms with van der Waals surface area (Å²) in [4.78, 5) is 27.5. The number of likely N-dealkylation sites (tertiary alicyclic amines) is 1. The van der Waals surface area contributed by atoms with Gasteiger partial charge >= 0.3 is 0 Å². The van der Waals surface area contributed by atoms with Crippen LogP contribution in [0.5, 0.6) is 0 Å². The molecule has 1 amide bonds. The molecule has 2 N–H and O–H groups in total. The molecule has 1 aliphatic carbocycles. The van der Waals surface area contributed by atoms with E-state index in [2.05, 4.69) is 25.2 Å². The fourth-order valence-electron chi connectivity index (χ4n) is 5.32. The molecule has 7 heteroatoms. The highest BCUT2D eigenvalue weighted by Gasteiger charge is 2.40. The molecule has 1 aromatic carbocycles. The number of H-pyrrole nitrogens is 1. The normalized spacial score (nSPS) is 20.3. The maximum atomic E-state index is 14.8. The Morgan fingerprint density at radius 1 is 1.09 bits per heavy atom. The lowest BCUT2D eigenvalue weighted by Gasteiger charge is -2.30. The van der Waals surface area contributed by atoms with Gasteiger partial charge in [0.1, 0.15) is 11.5 Å². The van der Waals surface area contributed by atoms with Crippen molar-refractivity contribution in [1.82, 2.24) is 25.2 Å². The van der Waals surface area contributed by atoms with E-state index in [-0.39, 0.29) is 23.8 Å². The number of nitrogens with one attached hydrogen (secondary N) is 2. The van der Waals surface area contributed by atoms with Crippen molar-refractivity contribution in [2.24, 2.45) is 0 Å². The lowest BCUT2D eigenvalue weighted by molar-refractivity contribution is 0.0905. The van der Waals surface area contributed by atoms with Gasteiger partial charge in [-0.15, -0.1) is 0 Å². The first kappa shape index (κ1) is 20.1. The van der Waals surface area contributed by atoms with Crippen LogP contribution in [0.3, 0.4) is 0 Å². The third-order valence-electron chi connectivity index (χ3n) is 6.93. The van der Waals surface area contributed by atoms with Crippen molar-refractivity contribution >= 4 is 16.9 Å². The minimum absolute atomic E-state index is 0.0780. The van der Waals surface area contributed by atoms with Gasteiger partial charge in [-0.2, -0.15) is 0 Å². The number of aromatic nitrogens is 3. The molecule has 1 saturated heterocycles. The van der Waals surface area contributed by atoms with Crippen LogP contribution in [-0.4, -0.2) is 44.9 Å². The average molecular weight is 442 g/mol. The molecule has 0 spiro atoms. The van der Waals surface area contributed by atoms with Crippen molar-refractivity contribution in [1.29, 1.82) is 0 Å². The topological polar surface area (TPSA) is 73.9 Å². The van der Waals surface area contributed by atoms with Gasteiger partial charge in [0.15, 0.2) is 0 Å². The predicted octanol–water partition coefficient (Wildman–Crippen LogP) is 4.26. The number of fused-ring (bicyclic) bond motifs is 2. The molecule has 0 unspecified atom stereocenters. The lowest BCUT2D eigenvalue weighted by atomic mass is 10.0. The monoisotopic (exact) mass is 441 g/mol. The number of pyridine rings is 2. The molecule has 0 saturated carbocycles. The smallest absolute Gasteiger partial charge is 0.253 e. The molecule has 0 radical (unpaired) electrons. The predicted molar refractivity (Wildman–Crippen MR) is 124 cm³/mol. The van der Waals surface area contributed by atoms with E-state index >= 15 is 0 Å². The molecule has 4 aromatic rings. The molecular formula is C26H24FN5O. The number of nitrogens with zero attached hydrogens (tertiary/aromatic N) is 3. The van der Waals surface area contributed by atoms with Crippen LogP contribution in [0, 0.1) is 5.82 Å². The Hall–Kier alpha value is -3.58. The van der Waals surface area contributed by atoms with E-state index in [4.69, 9.17) is 0 Å². The van der Waals surface area contributed by atoms with Gasteiger partial charge < -0.3 is 10.3 Å². The third-order valence-corrected chi connectivity index (χ3v) is 6.93. The highest BCUT2D eigenvalue weighted by molar-refractivity contribution is 5.95. The Morgan fingerprint density at radius 2 is 1.97 bits per heavy atom. The maximum absolute atomic E-state index is 14.8. The van der Waals surface area contributed by atoms with Gasteiger partial charge in [0.25, 0.3) is 5.91 Å². The number of rotatable bonds is 4. The Morgan fingerprint density at radius 3 is 2.79 bits per heavy atom. The molecule has 4 heterocycles. The first-order valence-electron chi connectivity index (χ1n) is 11.4.